The van der Waals surface area contributed by atoms with Gasteiger partial charge in [-0.25, -0.2) is 9.13 Å². The number of hydrogen-bond donors (Lipinski definition) is 3. The van der Waals surface area contributed by atoms with E-state index >= 15 is 0 Å². The summed E-state index contributed by atoms with van der Waals surface area (Å²) in [6.07, 6.45) is 69.8. The molecule has 0 radical (unpaired) electrons. The van der Waals surface area contributed by atoms with Crippen LogP contribution in [0.4, 0.5) is 0 Å². The van der Waals surface area contributed by atoms with Gasteiger partial charge >= 0.3 is 39.5 Å². The molecule has 0 aromatic rings. The molecule has 0 amide bonds. The SMILES string of the molecule is CCCCCCCCCCCCCCCCCCCCCCCCC(=O)O[C@H](COC(=O)CCCCCCCCCCCCCCCCCCCCC)COP(=O)(O)OC[C@@H](O)COP(=O)(O)OC[C@@H](COC(=O)CCCCCCCCC(C)C)OC(=O)CCCCCCCCCCCCCCC. The van der Waals surface area contributed by atoms with E-state index in [0.717, 1.165) is 96.3 Å². The number of aliphatic hydroxyl groups is 1. The molecule has 3 N–H and O–H groups in total. The number of phosphoric ester groups is 2. The second-order valence-electron chi connectivity index (χ2n) is 30.7. The van der Waals surface area contributed by atoms with Crippen molar-refractivity contribution in [2.24, 2.45) is 5.92 Å². The number of unbranched alkanes of at least 4 members (excludes halogenated alkanes) is 56. The quantitative estimate of drug-likeness (QED) is 0.0222. The van der Waals surface area contributed by atoms with Crippen molar-refractivity contribution in [3.63, 3.8) is 0 Å². The molecule has 0 saturated carbocycles. The minimum absolute atomic E-state index is 0.107. The molecule has 0 heterocycles. The van der Waals surface area contributed by atoms with Gasteiger partial charge in [-0.15, -0.1) is 0 Å². The summed E-state index contributed by atoms with van der Waals surface area (Å²) in [5.74, 6) is -1.43. The predicted octanol–water partition coefficient (Wildman–Crippen LogP) is 25.6. The van der Waals surface area contributed by atoms with Gasteiger partial charge in [0.15, 0.2) is 12.2 Å². The summed E-state index contributed by atoms with van der Waals surface area (Å²) in [5, 5.41) is 10.6. The normalized spacial score (nSPS) is 13.8. The first-order valence-electron chi connectivity index (χ1n) is 43.6. The van der Waals surface area contributed by atoms with E-state index in [1.165, 1.54) is 270 Å². The molecule has 0 aliphatic carbocycles. The molecule has 103 heavy (non-hydrogen) atoms. The molecule has 612 valence electrons. The lowest BCUT2D eigenvalue weighted by Crippen LogP contribution is -2.30. The highest BCUT2D eigenvalue weighted by Crippen LogP contribution is 2.45. The van der Waals surface area contributed by atoms with Crippen LogP contribution in [0.3, 0.4) is 0 Å². The number of carbonyl (C=O) groups excluding carboxylic acids is 4. The van der Waals surface area contributed by atoms with Crippen molar-refractivity contribution < 1.29 is 80.2 Å². The molecule has 0 aliphatic rings. The minimum Gasteiger partial charge on any atom is -0.462 e. The smallest absolute Gasteiger partial charge is 0.462 e. The molecule has 0 aromatic heterocycles. The first-order valence-corrected chi connectivity index (χ1v) is 46.6. The van der Waals surface area contributed by atoms with Gasteiger partial charge in [0.05, 0.1) is 26.4 Å². The summed E-state index contributed by atoms with van der Waals surface area (Å²) in [6, 6.07) is 0. The number of rotatable bonds is 84. The van der Waals surface area contributed by atoms with Crippen LogP contribution in [0.2, 0.25) is 0 Å². The molecule has 0 rings (SSSR count). The Morgan fingerprint density at radius 3 is 0.660 bits per heavy atom. The molecule has 0 spiro atoms. The predicted molar refractivity (Wildman–Crippen MR) is 423 cm³/mol. The average molecular weight is 1510 g/mol. The summed E-state index contributed by atoms with van der Waals surface area (Å²) >= 11 is 0. The Hall–Kier alpha value is -1.94. The van der Waals surface area contributed by atoms with E-state index in [2.05, 4.69) is 34.6 Å². The molecular weight excluding hydrogens is 1340 g/mol. The van der Waals surface area contributed by atoms with Crippen LogP contribution >= 0.6 is 15.6 Å². The first-order chi connectivity index (χ1) is 50.0. The van der Waals surface area contributed by atoms with Crippen molar-refractivity contribution in [3.05, 3.63) is 0 Å². The number of carbonyl (C=O) groups is 4. The zero-order chi connectivity index (χ0) is 75.5. The maximum atomic E-state index is 13.1. The Morgan fingerprint density at radius 1 is 0.262 bits per heavy atom. The van der Waals surface area contributed by atoms with Crippen LogP contribution < -0.4 is 0 Å². The summed E-state index contributed by atoms with van der Waals surface area (Å²) in [6.45, 7) is 7.26. The number of phosphoric acid groups is 2. The third-order valence-electron chi connectivity index (χ3n) is 19.8. The van der Waals surface area contributed by atoms with Crippen LogP contribution in [0.15, 0.2) is 0 Å². The first kappa shape index (κ1) is 101. The lowest BCUT2D eigenvalue weighted by Gasteiger charge is -2.21. The van der Waals surface area contributed by atoms with Gasteiger partial charge in [0.2, 0.25) is 0 Å². The number of esters is 4. The highest BCUT2D eigenvalue weighted by Gasteiger charge is 2.30. The van der Waals surface area contributed by atoms with Crippen molar-refractivity contribution in [1.82, 2.24) is 0 Å². The molecule has 0 saturated heterocycles. The fraction of sp³-hybridized carbons (Fsp3) is 0.952. The number of hydrogen-bond acceptors (Lipinski definition) is 15. The van der Waals surface area contributed by atoms with E-state index in [1.54, 1.807) is 0 Å². The van der Waals surface area contributed by atoms with Gasteiger partial charge in [-0.2, -0.15) is 0 Å². The lowest BCUT2D eigenvalue weighted by molar-refractivity contribution is -0.161. The van der Waals surface area contributed by atoms with Gasteiger partial charge in [-0.1, -0.05) is 401 Å². The summed E-state index contributed by atoms with van der Waals surface area (Å²) in [5.41, 5.74) is 0. The average Bonchev–Trinajstić information content (AvgIpc) is 0.945. The van der Waals surface area contributed by atoms with E-state index in [-0.39, 0.29) is 25.7 Å². The number of aliphatic hydroxyl groups excluding tert-OH is 1. The maximum Gasteiger partial charge on any atom is 0.472 e. The van der Waals surface area contributed by atoms with Crippen LogP contribution in [0.1, 0.15) is 452 Å². The second kappa shape index (κ2) is 76.8. The highest BCUT2D eigenvalue weighted by molar-refractivity contribution is 7.47. The largest absolute Gasteiger partial charge is 0.472 e. The van der Waals surface area contributed by atoms with Crippen LogP contribution in [0.25, 0.3) is 0 Å². The summed E-state index contributed by atoms with van der Waals surface area (Å²) < 4.78 is 68.7. The Morgan fingerprint density at radius 2 is 0.447 bits per heavy atom. The lowest BCUT2D eigenvalue weighted by atomic mass is 10.0. The Kier molecular flexibility index (Phi) is 75.4. The molecule has 5 atom stereocenters. The zero-order valence-corrected chi connectivity index (χ0v) is 69.3. The van der Waals surface area contributed by atoms with Crippen LogP contribution in [0, 0.1) is 5.92 Å². The molecule has 0 aromatic carbocycles. The third-order valence-corrected chi connectivity index (χ3v) is 21.7. The highest BCUT2D eigenvalue weighted by atomic mass is 31.2. The Balaban J connectivity index is 5.19. The van der Waals surface area contributed by atoms with Crippen LogP contribution in [0.5, 0.6) is 0 Å². The van der Waals surface area contributed by atoms with Crippen molar-refractivity contribution in [3.8, 4) is 0 Å². The van der Waals surface area contributed by atoms with Crippen molar-refractivity contribution in [1.29, 1.82) is 0 Å². The van der Waals surface area contributed by atoms with Gasteiger partial charge in [-0.3, -0.25) is 37.3 Å². The Bertz CT molecular complexity index is 1960. The molecule has 0 fully saturated rings. The van der Waals surface area contributed by atoms with Crippen LogP contribution in [-0.2, 0) is 65.4 Å². The molecular formula is C84H164O17P2. The van der Waals surface area contributed by atoms with Crippen molar-refractivity contribution >= 4 is 39.5 Å². The van der Waals surface area contributed by atoms with E-state index in [1.807, 2.05) is 0 Å². The molecule has 19 heteroatoms. The topological polar surface area (TPSA) is 237 Å². The van der Waals surface area contributed by atoms with E-state index < -0.39 is 97.5 Å². The van der Waals surface area contributed by atoms with Gasteiger partial charge in [-0.05, 0) is 31.6 Å². The fourth-order valence-corrected chi connectivity index (χ4v) is 14.7. The van der Waals surface area contributed by atoms with Gasteiger partial charge in [0.1, 0.15) is 19.3 Å². The molecule has 0 aliphatic heterocycles. The summed E-state index contributed by atoms with van der Waals surface area (Å²) in [7, 11) is -9.92. The van der Waals surface area contributed by atoms with Crippen LogP contribution in [-0.4, -0.2) is 96.7 Å². The monoisotopic (exact) mass is 1510 g/mol. The van der Waals surface area contributed by atoms with Gasteiger partial charge in [0, 0.05) is 25.7 Å². The van der Waals surface area contributed by atoms with E-state index in [9.17, 15) is 43.2 Å². The van der Waals surface area contributed by atoms with Crippen molar-refractivity contribution in [2.75, 3.05) is 39.6 Å². The maximum absolute atomic E-state index is 13.1. The molecule has 17 nitrogen and oxygen atoms in total. The number of ether oxygens (including phenoxy) is 4. The second-order valence-corrected chi connectivity index (χ2v) is 33.6. The van der Waals surface area contributed by atoms with Crippen molar-refractivity contribution in [2.45, 2.75) is 470 Å². The molecule has 0 bridgehead atoms. The Labute approximate surface area is 632 Å². The third kappa shape index (κ3) is 78.0. The zero-order valence-electron chi connectivity index (χ0n) is 67.5. The van der Waals surface area contributed by atoms with E-state index in [4.69, 9.17) is 37.0 Å². The van der Waals surface area contributed by atoms with Gasteiger partial charge < -0.3 is 33.8 Å². The minimum atomic E-state index is -4.96. The van der Waals surface area contributed by atoms with Gasteiger partial charge in [0.25, 0.3) is 0 Å². The standard InChI is InChI=1S/C84H164O17P2/c1-6-9-12-15-18-21-24-27-29-31-33-34-35-37-39-41-44-47-50-53-60-65-70-83(88)100-79(73-94-81(86)67-62-57-51-48-45-43-40-38-36-32-30-28-25-22-19-16-13-10-7-2)75-98-102(90,91)96-71-78(85)72-97-103(92,93)99-76-80(74-95-82(87)68-63-58-55-54-56-61-66-77(4)5)101-84(89)69-64-59-52-49-46-42-26-23-20-17-14-11-8-3/h77-80,85H,6-76H2,1-5H3,(H,90,91)(H,92,93)/t78-,79-,80-/m1/s1. The summed E-state index contributed by atoms with van der Waals surface area (Å²) in [4.78, 5) is 73.0. The van der Waals surface area contributed by atoms with E-state index in [0.29, 0.717) is 31.6 Å². The molecule has 2 unspecified atom stereocenters. The fourth-order valence-electron chi connectivity index (χ4n) is 13.1.